The molecule has 1 aromatic heterocycles. The van der Waals surface area contributed by atoms with Crippen LogP contribution in [0.1, 0.15) is 10.6 Å². The van der Waals surface area contributed by atoms with Gasteiger partial charge in [0.2, 0.25) is 5.91 Å². The fraction of sp³-hybridized carbons (Fsp3) is 0.571. The van der Waals surface area contributed by atoms with Crippen LogP contribution < -0.4 is 5.32 Å². The highest BCUT2D eigenvalue weighted by Gasteiger charge is 2.22. The molecule has 0 unspecified atom stereocenters. The molecule has 0 spiro atoms. The predicted molar refractivity (Wildman–Crippen MR) is 83.8 cm³/mol. The van der Waals surface area contributed by atoms with Crippen LogP contribution in [0.25, 0.3) is 0 Å². The van der Waals surface area contributed by atoms with Gasteiger partial charge in [-0.15, -0.1) is 0 Å². The average Bonchev–Trinajstić information content (AvgIpc) is 3.04. The minimum atomic E-state index is -2.97. The van der Waals surface area contributed by atoms with Crippen molar-refractivity contribution < 1.29 is 22.4 Å². The van der Waals surface area contributed by atoms with Crippen molar-refractivity contribution in [3.63, 3.8) is 0 Å². The molecule has 0 aliphatic carbocycles. The number of nitrogens with one attached hydrogen (secondary N) is 1. The Hall–Kier alpha value is -1.87. The lowest BCUT2D eigenvalue weighted by molar-refractivity contribution is -0.131. The number of hydrogen-bond acceptors (Lipinski definition) is 6. The topological polar surface area (TPSA) is 99.9 Å². The molecule has 0 atom stereocenters. The van der Waals surface area contributed by atoms with Crippen LogP contribution >= 0.6 is 0 Å². The molecule has 8 nitrogen and oxygen atoms in total. The summed E-state index contributed by atoms with van der Waals surface area (Å²) in [6, 6.07) is 3.13. The van der Waals surface area contributed by atoms with Crippen LogP contribution in [0.3, 0.4) is 0 Å². The zero-order chi connectivity index (χ0) is 16.9. The van der Waals surface area contributed by atoms with E-state index >= 15 is 0 Å². The van der Waals surface area contributed by atoms with E-state index in [2.05, 4.69) is 5.32 Å². The molecule has 1 aromatic rings. The lowest BCUT2D eigenvalue weighted by Gasteiger charge is -2.34. The maximum absolute atomic E-state index is 12.1. The van der Waals surface area contributed by atoms with Gasteiger partial charge in [-0.25, -0.2) is 8.42 Å². The van der Waals surface area contributed by atoms with Crippen molar-refractivity contribution in [2.75, 3.05) is 51.3 Å². The van der Waals surface area contributed by atoms with Crippen LogP contribution in [0.15, 0.2) is 22.8 Å². The molecule has 23 heavy (non-hydrogen) atoms. The first-order valence-electron chi connectivity index (χ1n) is 7.35. The van der Waals surface area contributed by atoms with Crippen molar-refractivity contribution in [2.24, 2.45) is 0 Å². The number of hydrogen-bond donors (Lipinski definition) is 1. The van der Waals surface area contributed by atoms with E-state index in [0.717, 1.165) is 0 Å². The number of carbonyl (C=O) groups excluding carboxylic acids is 2. The molecule has 1 aliphatic rings. The molecule has 1 saturated heterocycles. The fourth-order valence-corrected chi connectivity index (χ4v) is 2.87. The van der Waals surface area contributed by atoms with E-state index in [1.807, 2.05) is 4.90 Å². The summed E-state index contributed by atoms with van der Waals surface area (Å²) in [5.74, 6) is -0.286. The number of furan rings is 1. The normalized spacial score (nSPS) is 16.3. The number of piperazine rings is 1. The Kier molecular flexibility index (Phi) is 5.78. The smallest absolute Gasteiger partial charge is 0.287 e. The van der Waals surface area contributed by atoms with Crippen LogP contribution in [0, 0.1) is 0 Å². The highest BCUT2D eigenvalue weighted by molar-refractivity contribution is 7.90. The van der Waals surface area contributed by atoms with Gasteiger partial charge in [0.05, 0.1) is 18.6 Å². The molecule has 0 radical (unpaired) electrons. The summed E-state index contributed by atoms with van der Waals surface area (Å²) >= 11 is 0. The SMILES string of the molecule is CS(=O)(=O)CCN1CCN(C(=O)CNC(=O)c2ccco2)CC1. The van der Waals surface area contributed by atoms with Gasteiger partial charge < -0.3 is 14.6 Å². The predicted octanol–water partition coefficient (Wildman–Crippen LogP) is -0.802. The van der Waals surface area contributed by atoms with Gasteiger partial charge in [-0.1, -0.05) is 0 Å². The summed E-state index contributed by atoms with van der Waals surface area (Å²) in [5, 5.41) is 2.52. The molecule has 2 rings (SSSR count). The highest BCUT2D eigenvalue weighted by atomic mass is 32.2. The largest absolute Gasteiger partial charge is 0.459 e. The molecule has 2 amide bonds. The van der Waals surface area contributed by atoms with Gasteiger partial charge in [0, 0.05) is 39.0 Å². The van der Waals surface area contributed by atoms with E-state index in [1.54, 1.807) is 11.0 Å². The highest BCUT2D eigenvalue weighted by Crippen LogP contribution is 2.03. The molecule has 0 bridgehead atoms. The van der Waals surface area contributed by atoms with Crippen molar-refractivity contribution in [3.05, 3.63) is 24.2 Å². The van der Waals surface area contributed by atoms with E-state index in [0.29, 0.717) is 32.7 Å². The fourth-order valence-electron chi connectivity index (χ4n) is 2.28. The molecule has 9 heteroatoms. The zero-order valence-electron chi connectivity index (χ0n) is 13.0. The summed E-state index contributed by atoms with van der Waals surface area (Å²) in [6.07, 6.45) is 2.61. The molecule has 1 N–H and O–H groups in total. The minimum absolute atomic E-state index is 0.0805. The monoisotopic (exact) mass is 343 g/mol. The number of rotatable bonds is 6. The molecule has 128 valence electrons. The Morgan fingerprint density at radius 2 is 1.96 bits per heavy atom. The third kappa shape index (κ3) is 5.68. The summed E-state index contributed by atoms with van der Waals surface area (Å²) in [5.41, 5.74) is 0. The number of nitrogens with zero attached hydrogens (tertiary/aromatic N) is 2. The summed E-state index contributed by atoms with van der Waals surface area (Å²) in [6.45, 7) is 2.72. The van der Waals surface area contributed by atoms with E-state index in [-0.39, 0.29) is 24.0 Å². The second-order valence-corrected chi connectivity index (χ2v) is 7.77. The molecular formula is C14H21N3O5S. The van der Waals surface area contributed by atoms with Gasteiger partial charge in [0.1, 0.15) is 9.84 Å². The van der Waals surface area contributed by atoms with E-state index in [1.165, 1.54) is 18.6 Å². The molecule has 1 fully saturated rings. The Morgan fingerprint density at radius 1 is 1.26 bits per heavy atom. The minimum Gasteiger partial charge on any atom is -0.459 e. The van der Waals surface area contributed by atoms with Gasteiger partial charge in [-0.3, -0.25) is 14.5 Å². The number of sulfone groups is 1. The third-order valence-electron chi connectivity index (χ3n) is 3.65. The van der Waals surface area contributed by atoms with Crippen LogP contribution in [-0.2, 0) is 14.6 Å². The van der Waals surface area contributed by atoms with Crippen LogP contribution in [0.4, 0.5) is 0 Å². The summed E-state index contributed by atoms with van der Waals surface area (Å²) in [7, 11) is -2.97. The third-order valence-corrected chi connectivity index (χ3v) is 4.57. The Labute approximate surface area is 135 Å². The van der Waals surface area contributed by atoms with Crippen molar-refractivity contribution in [1.29, 1.82) is 0 Å². The second-order valence-electron chi connectivity index (χ2n) is 5.51. The average molecular weight is 343 g/mol. The standard InChI is InChI=1S/C14H21N3O5S/c1-23(20,21)10-8-16-4-6-17(7-5-16)13(18)11-15-14(19)12-3-2-9-22-12/h2-3,9H,4-8,10-11H2,1H3,(H,15,19). The van der Waals surface area contributed by atoms with Crippen molar-refractivity contribution >= 4 is 21.7 Å². The molecule has 2 heterocycles. The Bertz CT molecular complexity index is 633. The number of carbonyl (C=O) groups is 2. The van der Waals surface area contributed by atoms with Crippen molar-refractivity contribution in [3.8, 4) is 0 Å². The Morgan fingerprint density at radius 3 is 2.52 bits per heavy atom. The lowest BCUT2D eigenvalue weighted by atomic mass is 10.3. The van der Waals surface area contributed by atoms with E-state index < -0.39 is 15.7 Å². The first kappa shape index (κ1) is 17.5. The van der Waals surface area contributed by atoms with Gasteiger partial charge in [-0.05, 0) is 12.1 Å². The molecular weight excluding hydrogens is 322 g/mol. The molecule has 0 saturated carbocycles. The first-order valence-corrected chi connectivity index (χ1v) is 9.41. The summed E-state index contributed by atoms with van der Waals surface area (Å²) in [4.78, 5) is 27.4. The molecule has 1 aliphatic heterocycles. The molecule has 0 aromatic carbocycles. The second kappa shape index (κ2) is 7.60. The lowest BCUT2D eigenvalue weighted by Crippen LogP contribution is -2.51. The van der Waals surface area contributed by atoms with E-state index in [4.69, 9.17) is 4.42 Å². The van der Waals surface area contributed by atoms with Crippen LogP contribution in [0.5, 0.6) is 0 Å². The summed E-state index contributed by atoms with van der Waals surface area (Å²) < 4.78 is 27.3. The number of amides is 2. The maximum Gasteiger partial charge on any atom is 0.287 e. The van der Waals surface area contributed by atoms with Crippen molar-refractivity contribution in [1.82, 2.24) is 15.1 Å². The maximum atomic E-state index is 12.1. The van der Waals surface area contributed by atoms with Crippen LogP contribution in [-0.4, -0.2) is 81.3 Å². The first-order chi connectivity index (χ1) is 10.8. The van der Waals surface area contributed by atoms with Gasteiger partial charge in [-0.2, -0.15) is 0 Å². The van der Waals surface area contributed by atoms with Gasteiger partial charge in [0.25, 0.3) is 5.91 Å². The Balaban J connectivity index is 1.70. The quantitative estimate of drug-likeness (QED) is 0.726. The van der Waals surface area contributed by atoms with Gasteiger partial charge in [0.15, 0.2) is 5.76 Å². The van der Waals surface area contributed by atoms with Gasteiger partial charge >= 0.3 is 0 Å². The van der Waals surface area contributed by atoms with E-state index in [9.17, 15) is 18.0 Å². The zero-order valence-corrected chi connectivity index (χ0v) is 13.8. The van der Waals surface area contributed by atoms with Crippen molar-refractivity contribution in [2.45, 2.75) is 0 Å². The van der Waals surface area contributed by atoms with Crippen LogP contribution in [0.2, 0.25) is 0 Å².